The van der Waals surface area contributed by atoms with Crippen molar-refractivity contribution < 1.29 is 15.0 Å². The number of carboxylic acids is 1. The lowest BCUT2D eigenvalue weighted by Crippen LogP contribution is -2.54. The molecule has 2 aliphatic rings. The summed E-state index contributed by atoms with van der Waals surface area (Å²) >= 11 is 0. The van der Waals surface area contributed by atoms with Crippen molar-refractivity contribution >= 4 is 11.7 Å². The monoisotopic (exact) mass is 362 g/mol. The number of aliphatic hydroxyl groups is 1. The van der Waals surface area contributed by atoms with Crippen LogP contribution in [-0.4, -0.2) is 55.6 Å². The Morgan fingerprint density at radius 1 is 1.35 bits per heavy atom. The van der Waals surface area contributed by atoms with Crippen LogP contribution in [0.15, 0.2) is 18.5 Å². The van der Waals surface area contributed by atoms with Crippen LogP contribution in [0.5, 0.6) is 0 Å². The summed E-state index contributed by atoms with van der Waals surface area (Å²) in [6.45, 7) is 3.29. The molecule has 0 aromatic carbocycles. The van der Waals surface area contributed by atoms with Crippen molar-refractivity contribution in [2.24, 2.45) is 5.92 Å². The van der Waals surface area contributed by atoms with Crippen molar-refractivity contribution in [2.45, 2.75) is 76.1 Å². The number of aromatic nitrogens is 2. The molecule has 0 spiro atoms. The first kappa shape index (κ1) is 19.0. The Morgan fingerprint density at radius 2 is 2.12 bits per heavy atom. The number of aliphatic carboxylic acids is 1. The van der Waals surface area contributed by atoms with Gasteiger partial charge in [-0.1, -0.05) is 13.3 Å². The van der Waals surface area contributed by atoms with Crippen LogP contribution in [0.3, 0.4) is 0 Å². The molecule has 3 rings (SSSR count). The van der Waals surface area contributed by atoms with E-state index in [4.69, 9.17) is 5.11 Å². The first-order valence-corrected chi connectivity index (χ1v) is 9.72. The number of likely N-dealkylation sites (tertiary alicyclic amines) is 1. The average molecular weight is 362 g/mol. The van der Waals surface area contributed by atoms with E-state index in [-0.39, 0.29) is 12.6 Å². The van der Waals surface area contributed by atoms with Crippen LogP contribution >= 0.6 is 0 Å². The zero-order valence-electron chi connectivity index (χ0n) is 15.5. The molecule has 1 aliphatic carbocycles. The summed E-state index contributed by atoms with van der Waals surface area (Å²) < 4.78 is 0. The zero-order chi connectivity index (χ0) is 18.6. The molecule has 2 atom stereocenters. The summed E-state index contributed by atoms with van der Waals surface area (Å²) in [6.07, 6.45) is 9.80. The lowest BCUT2D eigenvalue weighted by atomic mass is 9.78. The number of piperidine rings is 1. The fraction of sp³-hybridized carbons (Fsp3) is 0.737. The minimum absolute atomic E-state index is 0.151. The summed E-state index contributed by atoms with van der Waals surface area (Å²) in [5.74, 6) is -0.203. The Morgan fingerprint density at radius 3 is 2.73 bits per heavy atom. The third-order valence-corrected chi connectivity index (χ3v) is 6.08. The van der Waals surface area contributed by atoms with Gasteiger partial charge >= 0.3 is 5.97 Å². The van der Waals surface area contributed by atoms with Gasteiger partial charge in [-0.3, -0.25) is 9.69 Å². The first-order chi connectivity index (χ1) is 12.5. The number of hydrogen-bond donors (Lipinski definition) is 3. The molecule has 26 heavy (non-hydrogen) atoms. The highest BCUT2D eigenvalue weighted by molar-refractivity contribution is 5.68. The molecule has 1 aromatic heterocycles. The van der Waals surface area contributed by atoms with Crippen LogP contribution in [0.2, 0.25) is 0 Å². The maximum atomic E-state index is 11.0. The van der Waals surface area contributed by atoms with E-state index in [0.29, 0.717) is 24.8 Å². The molecule has 0 radical (unpaired) electrons. The maximum absolute atomic E-state index is 11.0. The molecule has 1 saturated heterocycles. The van der Waals surface area contributed by atoms with Crippen molar-refractivity contribution in [3.8, 4) is 0 Å². The summed E-state index contributed by atoms with van der Waals surface area (Å²) in [5, 5.41) is 30.9. The highest BCUT2D eigenvalue weighted by Gasteiger charge is 2.40. The molecular formula is C19H30N4O3. The minimum atomic E-state index is -1.04. The van der Waals surface area contributed by atoms with E-state index >= 15 is 0 Å². The molecule has 1 aromatic rings. The molecule has 1 saturated carbocycles. The second-order valence-electron chi connectivity index (χ2n) is 7.85. The lowest BCUT2D eigenvalue weighted by Gasteiger charge is -2.47. The van der Waals surface area contributed by atoms with Gasteiger partial charge in [0.1, 0.15) is 0 Å². The van der Waals surface area contributed by atoms with E-state index < -0.39 is 11.6 Å². The Hall–Kier alpha value is -1.73. The van der Waals surface area contributed by atoms with Crippen LogP contribution in [0.25, 0.3) is 0 Å². The van der Waals surface area contributed by atoms with Crippen LogP contribution in [0.4, 0.5) is 5.69 Å². The third-order valence-electron chi connectivity index (χ3n) is 6.08. The van der Waals surface area contributed by atoms with Gasteiger partial charge in [-0.05, 0) is 50.5 Å². The number of nitrogens with one attached hydrogen (secondary N) is 1. The van der Waals surface area contributed by atoms with Crippen LogP contribution < -0.4 is 5.32 Å². The topological polar surface area (TPSA) is 98.6 Å². The van der Waals surface area contributed by atoms with Gasteiger partial charge < -0.3 is 15.5 Å². The Bertz CT molecular complexity index is 590. The largest absolute Gasteiger partial charge is 0.481 e. The number of hydrogen-bond acceptors (Lipinski definition) is 6. The van der Waals surface area contributed by atoms with Crippen LogP contribution in [0, 0.1) is 5.92 Å². The second kappa shape index (κ2) is 8.31. The van der Waals surface area contributed by atoms with Gasteiger partial charge in [-0.25, -0.2) is 0 Å². The van der Waals surface area contributed by atoms with Crippen molar-refractivity contribution in [3.05, 3.63) is 18.5 Å². The number of carboxylic acid groups (broad SMARTS) is 1. The quantitative estimate of drug-likeness (QED) is 0.715. The predicted molar refractivity (Wildman–Crippen MR) is 98.6 cm³/mol. The molecule has 0 bridgehead atoms. The number of rotatable bonds is 6. The van der Waals surface area contributed by atoms with E-state index in [1.807, 2.05) is 6.07 Å². The van der Waals surface area contributed by atoms with Crippen molar-refractivity contribution in [1.82, 2.24) is 15.1 Å². The number of anilines is 1. The highest BCUT2D eigenvalue weighted by atomic mass is 16.4. The SMILES string of the molecule is CCC1CCN(C2CCC(O)(CC(=O)O)CC2)C(Nc2ccnnc2)C1. The zero-order valence-corrected chi connectivity index (χ0v) is 15.5. The summed E-state index contributed by atoms with van der Waals surface area (Å²) in [6, 6.07) is 2.32. The molecule has 2 unspecified atom stereocenters. The fourth-order valence-corrected chi connectivity index (χ4v) is 4.50. The Kier molecular flexibility index (Phi) is 6.09. The standard InChI is InChI=1S/C19H30N4O3/c1-2-14-6-10-23(17(11-14)22-15-5-9-20-21-13-15)16-3-7-19(26,8-4-16)12-18(24)25/h5,9,13-14,16-17,26H,2-4,6-8,10-12H2,1H3,(H,20,22)(H,24,25). The molecule has 2 heterocycles. The molecule has 7 heteroatoms. The fourth-order valence-electron chi connectivity index (χ4n) is 4.50. The summed E-state index contributed by atoms with van der Waals surface area (Å²) in [5.41, 5.74) is -0.0629. The highest BCUT2D eigenvalue weighted by Crippen LogP contribution is 2.37. The lowest BCUT2D eigenvalue weighted by molar-refractivity contribution is -0.144. The second-order valence-corrected chi connectivity index (χ2v) is 7.85. The first-order valence-electron chi connectivity index (χ1n) is 9.72. The van der Waals surface area contributed by atoms with Crippen LogP contribution in [-0.2, 0) is 4.79 Å². The van der Waals surface area contributed by atoms with Gasteiger partial charge in [-0.2, -0.15) is 10.2 Å². The van der Waals surface area contributed by atoms with Crippen molar-refractivity contribution in [3.63, 3.8) is 0 Å². The third kappa shape index (κ3) is 4.71. The molecule has 0 amide bonds. The van der Waals surface area contributed by atoms with E-state index in [0.717, 1.165) is 31.5 Å². The van der Waals surface area contributed by atoms with Crippen molar-refractivity contribution in [1.29, 1.82) is 0 Å². The predicted octanol–water partition coefficient (Wildman–Crippen LogP) is 2.49. The number of carbonyl (C=O) groups is 1. The Labute approximate surface area is 154 Å². The smallest absolute Gasteiger partial charge is 0.306 e. The molecule has 144 valence electrons. The molecule has 7 nitrogen and oxygen atoms in total. The van der Waals surface area contributed by atoms with E-state index in [1.54, 1.807) is 12.4 Å². The van der Waals surface area contributed by atoms with Gasteiger partial charge in [-0.15, -0.1) is 0 Å². The van der Waals surface area contributed by atoms with Gasteiger partial charge in [0, 0.05) is 12.6 Å². The van der Waals surface area contributed by atoms with Gasteiger partial charge in [0.25, 0.3) is 0 Å². The molecule has 3 N–H and O–H groups in total. The van der Waals surface area contributed by atoms with E-state index in [1.165, 1.54) is 12.8 Å². The van der Waals surface area contributed by atoms with Crippen molar-refractivity contribution in [2.75, 3.05) is 11.9 Å². The van der Waals surface area contributed by atoms with Gasteiger partial charge in [0.05, 0.1) is 36.3 Å². The summed E-state index contributed by atoms with van der Waals surface area (Å²) in [7, 11) is 0. The summed E-state index contributed by atoms with van der Waals surface area (Å²) in [4.78, 5) is 13.5. The van der Waals surface area contributed by atoms with Gasteiger partial charge in [0.2, 0.25) is 0 Å². The van der Waals surface area contributed by atoms with E-state index in [2.05, 4.69) is 27.3 Å². The van der Waals surface area contributed by atoms with Crippen LogP contribution in [0.1, 0.15) is 58.3 Å². The van der Waals surface area contributed by atoms with Gasteiger partial charge in [0.15, 0.2) is 0 Å². The Balaban J connectivity index is 1.65. The normalized spacial score (nSPS) is 32.9. The molecule has 1 aliphatic heterocycles. The maximum Gasteiger partial charge on any atom is 0.306 e. The molecule has 2 fully saturated rings. The minimum Gasteiger partial charge on any atom is -0.481 e. The number of nitrogens with zero attached hydrogens (tertiary/aromatic N) is 3. The molecular weight excluding hydrogens is 332 g/mol. The average Bonchev–Trinajstić information content (AvgIpc) is 2.62. The van der Waals surface area contributed by atoms with E-state index in [9.17, 15) is 9.90 Å².